The Hall–Kier alpha value is -0.320. The van der Waals surface area contributed by atoms with Crippen LogP contribution in [0.1, 0.15) is 30.6 Å². The van der Waals surface area contributed by atoms with E-state index in [1.54, 1.807) is 11.8 Å². The number of thioether (sulfide) groups is 1. The number of Topliss-reactive ketones (excluding diaryl/α,β-unsaturated/α-hetero) is 1. The first-order chi connectivity index (χ1) is 8.04. The SMILES string of the molecule is CC(CCO)SC(C)C(=O)c1ccc(Br)cc1. The number of carbonyl (C=O) groups excluding carboxylic acids is 1. The van der Waals surface area contributed by atoms with E-state index in [1.807, 2.05) is 38.1 Å². The molecule has 2 unspecified atom stereocenters. The molecule has 0 heterocycles. The van der Waals surface area contributed by atoms with Crippen LogP contribution >= 0.6 is 27.7 Å². The number of aliphatic hydroxyl groups is 1. The van der Waals surface area contributed by atoms with Crippen molar-refractivity contribution >= 4 is 33.5 Å². The zero-order chi connectivity index (χ0) is 12.8. The second-order valence-corrected chi connectivity index (χ2v) is 6.67. The lowest BCUT2D eigenvalue weighted by Gasteiger charge is -2.15. The van der Waals surface area contributed by atoms with Gasteiger partial charge in [0.05, 0.1) is 5.25 Å². The summed E-state index contributed by atoms with van der Waals surface area (Å²) in [6.45, 7) is 4.13. The Labute approximate surface area is 115 Å². The van der Waals surface area contributed by atoms with Crippen LogP contribution in [-0.4, -0.2) is 28.0 Å². The summed E-state index contributed by atoms with van der Waals surface area (Å²) in [6.07, 6.45) is 0.725. The highest BCUT2D eigenvalue weighted by molar-refractivity contribution is 9.10. The Morgan fingerprint density at radius 2 is 1.94 bits per heavy atom. The van der Waals surface area contributed by atoms with E-state index in [-0.39, 0.29) is 17.6 Å². The molecule has 2 atom stereocenters. The van der Waals surface area contributed by atoms with Crippen LogP contribution in [0.4, 0.5) is 0 Å². The maximum Gasteiger partial charge on any atom is 0.175 e. The molecule has 4 heteroatoms. The average Bonchev–Trinajstić information content (AvgIpc) is 2.29. The number of hydrogen-bond donors (Lipinski definition) is 1. The predicted octanol–water partition coefficient (Wildman–Crippen LogP) is 3.52. The van der Waals surface area contributed by atoms with E-state index in [4.69, 9.17) is 5.11 Å². The first-order valence-corrected chi connectivity index (χ1v) is 7.34. The van der Waals surface area contributed by atoms with Crippen LogP contribution < -0.4 is 0 Å². The monoisotopic (exact) mass is 316 g/mol. The summed E-state index contributed by atoms with van der Waals surface area (Å²) in [6, 6.07) is 7.42. The number of carbonyl (C=O) groups is 1. The highest BCUT2D eigenvalue weighted by Gasteiger charge is 2.18. The van der Waals surface area contributed by atoms with E-state index in [2.05, 4.69) is 15.9 Å². The molecule has 0 bridgehead atoms. The molecule has 1 aromatic carbocycles. The molecular formula is C13H17BrO2S. The second kappa shape index (κ2) is 7.19. The predicted molar refractivity (Wildman–Crippen MR) is 76.7 cm³/mol. The summed E-state index contributed by atoms with van der Waals surface area (Å²) in [5, 5.41) is 9.06. The van der Waals surface area contributed by atoms with Crippen LogP contribution in [0.15, 0.2) is 28.7 Å². The summed E-state index contributed by atoms with van der Waals surface area (Å²) in [5.41, 5.74) is 0.740. The molecule has 0 aliphatic rings. The van der Waals surface area contributed by atoms with E-state index in [9.17, 15) is 4.79 Å². The zero-order valence-corrected chi connectivity index (χ0v) is 12.4. The van der Waals surface area contributed by atoms with Gasteiger partial charge in [0.2, 0.25) is 0 Å². The van der Waals surface area contributed by atoms with Crippen molar-refractivity contribution in [2.45, 2.75) is 30.8 Å². The third-order valence-corrected chi connectivity index (χ3v) is 4.32. The van der Waals surface area contributed by atoms with Gasteiger partial charge in [-0.15, -0.1) is 11.8 Å². The molecule has 0 radical (unpaired) electrons. The lowest BCUT2D eigenvalue weighted by molar-refractivity contribution is 0.0993. The van der Waals surface area contributed by atoms with Crippen molar-refractivity contribution in [1.29, 1.82) is 0 Å². The molecule has 0 spiro atoms. The van der Waals surface area contributed by atoms with Crippen molar-refractivity contribution in [2.24, 2.45) is 0 Å². The van der Waals surface area contributed by atoms with Crippen LogP contribution in [0, 0.1) is 0 Å². The fourth-order valence-electron chi connectivity index (χ4n) is 1.51. The van der Waals surface area contributed by atoms with Crippen molar-refractivity contribution in [1.82, 2.24) is 0 Å². The van der Waals surface area contributed by atoms with Crippen LogP contribution in [0.2, 0.25) is 0 Å². The highest BCUT2D eigenvalue weighted by Crippen LogP contribution is 2.23. The van der Waals surface area contributed by atoms with Crippen LogP contribution in [0.25, 0.3) is 0 Å². The van der Waals surface area contributed by atoms with Gasteiger partial charge in [-0.05, 0) is 25.5 Å². The number of halogens is 1. The van der Waals surface area contributed by atoms with E-state index < -0.39 is 0 Å². The van der Waals surface area contributed by atoms with E-state index in [0.717, 1.165) is 16.5 Å². The van der Waals surface area contributed by atoms with Gasteiger partial charge in [0.25, 0.3) is 0 Å². The standard InChI is InChI=1S/C13H17BrO2S/c1-9(7-8-15)17-10(2)13(16)11-3-5-12(14)6-4-11/h3-6,9-10,15H,7-8H2,1-2H3. The molecule has 0 saturated carbocycles. The number of hydrogen-bond acceptors (Lipinski definition) is 3. The lowest BCUT2D eigenvalue weighted by atomic mass is 10.1. The molecule has 1 rings (SSSR count). The first-order valence-electron chi connectivity index (χ1n) is 5.60. The molecule has 17 heavy (non-hydrogen) atoms. The third kappa shape index (κ3) is 4.82. The molecule has 0 aliphatic carbocycles. The maximum atomic E-state index is 12.1. The summed E-state index contributed by atoms with van der Waals surface area (Å²) in [4.78, 5) is 12.1. The van der Waals surface area contributed by atoms with E-state index in [0.29, 0.717) is 5.25 Å². The molecule has 0 amide bonds. The van der Waals surface area contributed by atoms with Crippen molar-refractivity contribution in [3.63, 3.8) is 0 Å². The smallest absolute Gasteiger partial charge is 0.175 e. The van der Waals surface area contributed by atoms with Gasteiger partial charge < -0.3 is 5.11 Å². The molecule has 1 aromatic rings. The Morgan fingerprint density at radius 3 is 2.47 bits per heavy atom. The molecule has 0 aliphatic heterocycles. The zero-order valence-electron chi connectivity index (χ0n) is 10.0. The lowest BCUT2D eigenvalue weighted by Crippen LogP contribution is -2.17. The first kappa shape index (κ1) is 14.7. The van der Waals surface area contributed by atoms with Crippen LogP contribution in [0.5, 0.6) is 0 Å². The van der Waals surface area contributed by atoms with Crippen molar-refractivity contribution < 1.29 is 9.90 Å². The van der Waals surface area contributed by atoms with Gasteiger partial charge in [0.15, 0.2) is 5.78 Å². The van der Waals surface area contributed by atoms with Gasteiger partial charge in [-0.2, -0.15) is 0 Å². The minimum atomic E-state index is -0.0716. The number of aliphatic hydroxyl groups excluding tert-OH is 1. The Bertz CT molecular complexity index is 364. The van der Waals surface area contributed by atoms with E-state index >= 15 is 0 Å². The third-order valence-electron chi connectivity index (χ3n) is 2.47. The molecule has 1 N–H and O–H groups in total. The van der Waals surface area contributed by atoms with Gasteiger partial charge in [0.1, 0.15) is 0 Å². The van der Waals surface area contributed by atoms with Gasteiger partial charge in [-0.3, -0.25) is 4.79 Å². The molecule has 2 nitrogen and oxygen atoms in total. The number of ketones is 1. The minimum Gasteiger partial charge on any atom is -0.396 e. The fraction of sp³-hybridized carbons (Fsp3) is 0.462. The molecular weight excluding hydrogens is 300 g/mol. The highest BCUT2D eigenvalue weighted by atomic mass is 79.9. The maximum absolute atomic E-state index is 12.1. The van der Waals surface area contributed by atoms with Gasteiger partial charge in [-0.1, -0.05) is 35.0 Å². The van der Waals surface area contributed by atoms with Crippen LogP contribution in [-0.2, 0) is 0 Å². The molecule has 94 valence electrons. The van der Waals surface area contributed by atoms with E-state index in [1.165, 1.54) is 0 Å². The Morgan fingerprint density at radius 1 is 1.35 bits per heavy atom. The average molecular weight is 317 g/mol. The van der Waals surface area contributed by atoms with Crippen molar-refractivity contribution in [3.05, 3.63) is 34.3 Å². The summed E-state index contributed by atoms with van der Waals surface area (Å²) >= 11 is 4.96. The molecule has 0 fully saturated rings. The summed E-state index contributed by atoms with van der Waals surface area (Å²) in [5.74, 6) is 0.146. The Kier molecular flexibility index (Phi) is 6.23. The van der Waals surface area contributed by atoms with Gasteiger partial charge >= 0.3 is 0 Å². The second-order valence-electron chi connectivity index (χ2n) is 3.97. The van der Waals surface area contributed by atoms with Gasteiger partial charge in [0, 0.05) is 21.9 Å². The summed E-state index contributed by atoms with van der Waals surface area (Å²) < 4.78 is 0.975. The van der Waals surface area contributed by atoms with Crippen molar-refractivity contribution in [3.8, 4) is 0 Å². The quantitative estimate of drug-likeness (QED) is 0.816. The Balaban J connectivity index is 2.60. The topological polar surface area (TPSA) is 37.3 Å². The molecule has 0 saturated heterocycles. The largest absolute Gasteiger partial charge is 0.396 e. The van der Waals surface area contributed by atoms with Gasteiger partial charge in [-0.25, -0.2) is 0 Å². The minimum absolute atomic E-state index is 0.0716. The van der Waals surface area contributed by atoms with Crippen molar-refractivity contribution in [2.75, 3.05) is 6.61 Å². The molecule has 0 aromatic heterocycles. The summed E-state index contributed by atoms with van der Waals surface area (Å²) in [7, 11) is 0. The van der Waals surface area contributed by atoms with Crippen LogP contribution in [0.3, 0.4) is 0 Å². The normalized spacial score (nSPS) is 14.4. The number of benzene rings is 1. The fourth-order valence-corrected chi connectivity index (χ4v) is 2.97. The number of rotatable bonds is 6.